The molecule has 0 aliphatic heterocycles. The third-order valence-electron chi connectivity index (χ3n) is 12.3. The summed E-state index contributed by atoms with van der Waals surface area (Å²) in [5, 5.41) is 11.9. The van der Waals surface area contributed by atoms with Crippen molar-refractivity contribution in [3.05, 3.63) is 167 Å². The van der Waals surface area contributed by atoms with Gasteiger partial charge in [-0.1, -0.05) is 157 Å². The average Bonchev–Trinajstić information content (AvgIpc) is 3.65. The van der Waals surface area contributed by atoms with Crippen molar-refractivity contribution in [3.8, 4) is 67.5 Å². The molecule has 0 fully saturated rings. The van der Waals surface area contributed by atoms with Crippen molar-refractivity contribution >= 4 is 11.0 Å². The molecule has 1 N–H and O–H groups in total. The summed E-state index contributed by atoms with van der Waals surface area (Å²) < 4.78 is 60.6. The Morgan fingerprint density at radius 3 is 2.07 bits per heavy atom. The smallest absolute Gasteiger partial charge is 0.148 e. The van der Waals surface area contributed by atoms with E-state index in [-0.39, 0.29) is 48.6 Å². The molecule has 5 heteroatoms. The van der Waals surface area contributed by atoms with Gasteiger partial charge in [-0.15, -0.1) is 29.3 Å². The molecule has 0 amide bonds. The van der Waals surface area contributed by atoms with Crippen molar-refractivity contribution < 1.29 is 35.8 Å². The number of hydrogen-bond donors (Lipinski definition) is 1. The van der Waals surface area contributed by atoms with E-state index in [0.29, 0.717) is 33.7 Å². The molecule has 0 saturated heterocycles. The van der Waals surface area contributed by atoms with E-state index in [1.165, 1.54) is 5.56 Å². The number of nitrogens with zero attached hydrogens (tertiary/aromatic N) is 3. The summed E-state index contributed by atoms with van der Waals surface area (Å²) in [6.07, 6.45) is 1.55. The minimum atomic E-state index is -2.82. The van der Waals surface area contributed by atoms with Crippen LogP contribution in [0.15, 0.2) is 133 Å². The first-order chi connectivity index (χ1) is 31.3. The minimum absolute atomic E-state index is 0. The molecule has 0 unspecified atom stereocenters. The fourth-order valence-electron chi connectivity index (χ4n) is 7.75. The largest absolute Gasteiger partial charge is 0.507 e. The van der Waals surface area contributed by atoms with Crippen molar-refractivity contribution in [3.63, 3.8) is 0 Å². The van der Waals surface area contributed by atoms with Gasteiger partial charge in [-0.3, -0.25) is 9.55 Å². The second kappa shape index (κ2) is 16.4. The number of rotatable bonds is 7. The first-order valence-corrected chi connectivity index (χ1v) is 20.5. The SMILES string of the molecule is [2H]c1c([2H])c(C([2H])([2H])[2H])c([2H])c([2H])c1-c1ccnc(-c2[c-]c(-c3cccc4c3nc(-c3cc(C)cc(C)c3O)n4-c3ccc(C(C)(C)C(C)(C)C)cc3-c3ccccc3)cc(C(C)(C)C)c2)c1.[Pt]. The van der Waals surface area contributed by atoms with Crippen LogP contribution in [0.2, 0.25) is 0 Å². The van der Waals surface area contributed by atoms with Gasteiger partial charge in [0.15, 0.2) is 0 Å². The van der Waals surface area contributed by atoms with Gasteiger partial charge in [-0.05, 0) is 101 Å². The molecule has 2 heterocycles. The Bertz CT molecular complexity index is 3220. The molecule has 61 heavy (non-hydrogen) atoms. The summed E-state index contributed by atoms with van der Waals surface area (Å²) in [5.74, 6) is 0.734. The predicted octanol–water partition coefficient (Wildman–Crippen LogP) is 14.8. The number of pyridine rings is 1. The van der Waals surface area contributed by atoms with E-state index in [2.05, 4.69) is 121 Å². The average molecular weight is 989 g/mol. The summed E-state index contributed by atoms with van der Waals surface area (Å²) in [6.45, 7) is 18.9. The number of fused-ring (bicyclic) bond motifs is 1. The van der Waals surface area contributed by atoms with Crippen LogP contribution < -0.4 is 0 Å². The van der Waals surface area contributed by atoms with Crippen LogP contribution in [0.1, 0.15) is 92.8 Å². The van der Waals surface area contributed by atoms with Gasteiger partial charge in [0.2, 0.25) is 0 Å². The summed E-state index contributed by atoms with van der Waals surface area (Å²) in [7, 11) is 0. The Labute approximate surface area is 386 Å². The quantitative estimate of drug-likeness (QED) is 0.162. The first-order valence-electron chi connectivity index (χ1n) is 24.0. The molecule has 0 saturated carbocycles. The number of benzene rings is 6. The van der Waals surface area contributed by atoms with Crippen molar-refractivity contribution in [2.75, 3.05) is 0 Å². The molecule has 0 radical (unpaired) electrons. The maximum Gasteiger partial charge on any atom is 0.148 e. The van der Waals surface area contributed by atoms with E-state index in [1.807, 2.05) is 50.2 Å². The summed E-state index contributed by atoms with van der Waals surface area (Å²) in [6, 6.07) is 36.2. The Morgan fingerprint density at radius 2 is 1.38 bits per heavy atom. The molecule has 0 atom stereocenters. The monoisotopic (exact) mass is 988 g/mol. The second-order valence-corrected chi connectivity index (χ2v) is 18.5. The van der Waals surface area contributed by atoms with Gasteiger partial charge >= 0.3 is 0 Å². The van der Waals surface area contributed by atoms with Gasteiger partial charge in [0.05, 0.1) is 27.8 Å². The predicted molar refractivity (Wildman–Crippen MR) is 252 cm³/mol. The third-order valence-corrected chi connectivity index (χ3v) is 12.3. The van der Waals surface area contributed by atoms with Crippen LogP contribution in [0, 0.1) is 32.2 Å². The number of phenols is 1. The van der Waals surface area contributed by atoms with Crippen molar-refractivity contribution in [2.45, 2.75) is 86.9 Å². The Morgan fingerprint density at radius 1 is 0.656 bits per heavy atom. The molecule has 6 aromatic carbocycles. The molecule has 8 rings (SSSR count). The minimum Gasteiger partial charge on any atom is -0.507 e. The Balaban J connectivity index is 0.00000684. The topological polar surface area (TPSA) is 50.9 Å². The van der Waals surface area contributed by atoms with Gasteiger partial charge in [0.25, 0.3) is 0 Å². The number of aryl methyl sites for hydroxylation is 2. The van der Waals surface area contributed by atoms with Crippen LogP contribution in [0.5, 0.6) is 5.75 Å². The fraction of sp³-hybridized carbons (Fsp3) is 0.250. The zero-order valence-electron chi connectivity index (χ0n) is 43.5. The van der Waals surface area contributed by atoms with Gasteiger partial charge < -0.3 is 5.11 Å². The Hall–Kier alpha value is -5.57. The number of aromatic nitrogens is 3. The number of imidazole rings is 1. The van der Waals surface area contributed by atoms with Gasteiger partial charge in [0.1, 0.15) is 11.6 Å². The van der Waals surface area contributed by atoms with Crippen LogP contribution in [-0.2, 0) is 31.9 Å². The van der Waals surface area contributed by atoms with Crippen LogP contribution in [0.4, 0.5) is 0 Å². The van der Waals surface area contributed by atoms with Gasteiger partial charge in [0, 0.05) is 42.6 Å². The number of aromatic hydroxyl groups is 1. The molecule has 0 aliphatic carbocycles. The molecule has 8 aromatic rings. The van der Waals surface area contributed by atoms with Crippen LogP contribution in [0.25, 0.3) is 72.7 Å². The first kappa shape index (κ1) is 35.1. The standard InChI is InChI=1S/C56H56N3O.Pt/c1-35-20-22-38(23-21-35)40-26-27-57-48(33-40)42-30-41(31-44(32-42)54(4,5)6)45-18-15-19-50-51(45)58-53(47-29-36(2)28-37(3)52(47)60)59(50)49-25-24-43(56(10,11)55(7,8)9)34-46(49)39-16-13-12-14-17-39;/h12-29,31-34,60H,1-11H3;/q-1;/i1D3,20D,21D,22D,23D;. The zero-order chi connectivity index (χ0) is 48.7. The second-order valence-electron chi connectivity index (χ2n) is 18.5. The summed E-state index contributed by atoms with van der Waals surface area (Å²) in [4.78, 5) is 10.2. The fourth-order valence-corrected chi connectivity index (χ4v) is 7.75. The van der Waals surface area contributed by atoms with Gasteiger partial charge in [-0.2, -0.15) is 0 Å². The van der Waals surface area contributed by atoms with E-state index in [0.717, 1.165) is 50.1 Å². The normalized spacial score (nSPS) is 14.0. The Kier molecular flexibility index (Phi) is 9.41. The van der Waals surface area contributed by atoms with Gasteiger partial charge in [-0.25, -0.2) is 4.98 Å². The van der Waals surface area contributed by atoms with Crippen molar-refractivity contribution in [1.29, 1.82) is 0 Å². The molecule has 0 aliphatic rings. The summed E-state index contributed by atoms with van der Waals surface area (Å²) in [5.41, 5.74) is 10.9. The molecule has 312 valence electrons. The van der Waals surface area contributed by atoms with Crippen LogP contribution >= 0.6 is 0 Å². The maximum absolute atomic E-state index is 11.9. The van der Waals surface area contributed by atoms with Crippen LogP contribution in [0.3, 0.4) is 0 Å². The van der Waals surface area contributed by atoms with E-state index >= 15 is 0 Å². The van der Waals surface area contributed by atoms with E-state index in [4.69, 9.17) is 19.6 Å². The number of para-hydroxylation sites is 1. The van der Waals surface area contributed by atoms with Crippen molar-refractivity contribution in [2.24, 2.45) is 5.41 Å². The van der Waals surface area contributed by atoms with E-state index < -0.39 is 36.6 Å². The van der Waals surface area contributed by atoms with Crippen molar-refractivity contribution in [1.82, 2.24) is 14.5 Å². The zero-order valence-corrected chi connectivity index (χ0v) is 38.8. The molecule has 4 nitrogen and oxygen atoms in total. The van der Waals surface area contributed by atoms with E-state index in [9.17, 15) is 5.11 Å². The number of hydrogen-bond acceptors (Lipinski definition) is 3. The molecular formula is C56H56N3OPt-. The number of phenolic OH excluding ortho intramolecular Hbond substituents is 1. The molecule has 2 aromatic heterocycles. The van der Waals surface area contributed by atoms with E-state index in [1.54, 1.807) is 18.3 Å². The third kappa shape index (κ3) is 8.28. The maximum atomic E-state index is 11.9. The molecule has 0 bridgehead atoms. The molecule has 0 spiro atoms. The summed E-state index contributed by atoms with van der Waals surface area (Å²) >= 11 is 0. The van der Waals surface area contributed by atoms with Crippen LogP contribution in [-0.4, -0.2) is 19.6 Å². The molecular weight excluding hydrogens is 926 g/mol.